The molecule has 0 aromatic heterocycles. The summed E-state index contributed by atoms with van der Waals surface area (Å²) in [6.45, 7) is 8.05. The second-order valence-corrected chi connectivity index (χ2v) is 8.09. The van der Waals surface area contributed by atoms with Crippen molar-refractivity contribution in [1.29, 1.82) is 0 Å². The molecule has 0 unspecified atom stereocenters. The topological polar surface area (TPSA) is 23.5 Å². The molecule has 1 N–H and O–H groups in total. The number of benzene rings is 2. The maximum absolute atomic E-state index is 9.82. The summed E-state index contributed by atoms with van der Waals surface area (Å²) >= 11 is 6.06. The molecule has 2 aromatic carbocycles. The fourth-order valence-electron chi connectivity index (χ4n) is 4.01. The Hall–Kier alpha value is -1.51. The Bertz CT molecular complexity index is 717. The monoisotopic (exact) mass is 357 g/mol. The molecule has 1 fully saturated rings. The average molecular weight is 358 g/mol. The highest BCUT2D eigenvalue weighted by Crippen LogP contribution is 2.40. The van der Waals surface area contributed by atoms with Gasteiger partial charge in [-0.15, -0.1) is 0 Å². The van der Waals surface area contributed by atoms with Crippen LogP contribution in [0, 0.1) is 5.92 Å². The van der Waals surface area contributed by atoms with E-state index in [0.29, 0.717) is 11.7 Å². The predicted molar refractivity (Wildman–Crippen MR) is 105 cm³/mol. The summed E-state index contributed by atoms with van der Waals surface area (Å²) < 4.78 is 0. The molecular formula is C22H28ClNO. The lowest BCUT2D eigenvalue weighted by atomic mass is 9.68. The molecular weight excluding hydrogens is 330 g/mol. The molecule has 0 bridgehead atoms. The molecule has 0 aliphatic carbocycles. The zero-order valence-electron chi connectivity index (χ0n) is 15.2. The van der Waals surface area contributed by atoms with Gasteiger partial charge in [0.25, 0.3) is 0 Å². The van der Waals surface area contributed by atoms with Crippen molar-refractivity contribution >= 4 is 11.6 Å². The Kier molecular flexibility index (Phi) is 5.71. The third-order valence-electron chi connectivity index (χ3n) is 5.90. The number of hydrogen-bond acceptors (Lipinski definition) is 2. The van der Waals surface area contributed by atoms with Crippen LogP contribution in [0.5, 0.6) is 5.75 Å². The molecule has 25 heavy (non-hydrogen) atoms. The van der Waals surface area contributed by atoms with Gasteiger partial charge in [0.2, 0.25) is 0 Å². The summed E-state index contributed by atoms with van der Waals surface area (Å²) in [6, 6.07) is 16.0. The van der Waals surface area contributed by atoms with Crippen molar-refractivity contribution in [3.05, 3.63) is 64.7 Å². The largest absolute Gasteiger partial charge is 0.508 e. The van der Waals surface area contributed by atoms with Gasteiger partial charge in [-0.2, -0.15) is 0 Å². The molecule has 2 atom stereocenters. The number of nitrogens with zero attached hydrogens (tertiary/aromatic N) is 1. The highest BCUT2D eigenvalue weighted by Gasteiger charge is 2.37. The Morgan fingerprint density at radius 2 is 2.00 bits per heavy atom. The van der Waals surface area contributed by atoms with E-state index in [0.717, 1.165) is 43.9 Å². The normalized spacial score (nSPS) is 24.4. The van der Waals surface area contributed by atoms with E-state index in [4.69, 9.17) is 11.6 Å². The van der Waals surface area contributed by atoms with Gasteiger partial charge < -0.3 is 10.0 Å². The van der Waals surface area contributed by atoms with Crippen LogP contribution < -0.4 is 0 Å². The Morgan fingerprint density at radius 3 is 2.72 bits per heavy atom. The van der Waals surface area contributed by atoms with Crippen LogP contribution in [0.15, 0.2) is 48.5 Å². The van der Waals surface area contributed by atoms with E-state index in [9.17, 15) is 5.11 Å². The minimum atomic E-state index is 0.141. The number of phenolic OH excluding ortho intramolecular Hbond substituents is 1. The first-order chi connectivity index (χ1) is 12.0. The van der Waals surface area contributed by atoms with Crippen LogP contribution in [-0.2, 0) is 11.8 Å². The molecule has 1 aliphatic heterocycles. The lowest BCUT2D eigenvalue weighted by Gasteiger charge is -2.45. The number of aromatic hydroxyl groups is 1. The van der Waals surface area contributed by atoms with Crippen LogP contribution in [0.4, 0.5) is 0 Å². The SMILES string of the molecule is C[C@H]1CN(CCCc2cccc(Cl)c2)CC[C@@]1(C)c1cccc(O)c1. The minimum absolute atomic E-state index is 0.141. The van der Waals surface area contributed by atoms with E-state index in [1.165, 1.54) is 11.1 Å². The third kappa shape index (κ3) is 4.37. The summed E-state index contributed by atoms with van der Waals surface area (Å²) in [4.78, 5) is 2.58. The number of phenols is 1. The van der Waals surface area contributed by atoms with Crippen molar-refractivity contribution in [2.75, 3.05) is 19.6 Å². The van der Waals surface area contributed by atoms with Gasteiger partial charge in [0.05, 0.1) is 0 Å². The zero-order valence-corrected chi connectivity index (χ0v) is 16.0. The molecule has 2 nitrogen and oxygen atoms in total. The van der Waals surface area contributed by atoms with E-state index in [-0.39, 0.29) is 5.41 Å². The summed E-state index contributed by atoms with van der Waals surface area (Å²) in [5, 5.41) is 10.6. The molecule has 0 spiro atoms. The molecule has 1 heterocycles. The number of aryl methyl sites for hydroxylation is 1. The van der Waals surface area contributed by atoms with Gasteiger partial charge in [-0.05, 0) is 79.1 Å². The summed E-state index contributed by atoms with van der Waals surface area (Å²) in [6.07, 6.45) is 3.37. The van der Waals surface area contributed by atoms with E-state index in [1.807, 2.05) is 24.3 Å². The molecule has 0 radical (unpaired) electrons. The van der Waals surface area contributed by atoms with Crippen LogP contribution in [0.1, 0.15) is 37.8 Å². The van der Waals surface area contributed by atoms with Crippen molar-refractivity contribution < 1.29 is 5.11 Å². The Morgan fingerprint density at radius 1 is 1.20 bits per heavy atom. The van der Waals surface area contributed by atoms with Crippen LogP contribution in [0.3, 0.4) is 0 Å². The summed E-state index contributed by atoms with van der Waals surface area (Å²) in [5.41, 5.74) is 2.73. The van der Waals surface area contributed by atoms with Crippen molar-refractivity contribution in [2.24, 2.45) is 5.92 Å². The third-order valence-corrected chi connectivity index (χ3v) is 6.14. The Labute approximate surface area is 156 Å². The second kappa shape index (κ2) is 7.80. The number of halogens is 1. The quantitative estimate of drug-likeness (QED) is 0.787. The maximum Gasteiger partial charge on any atom is 0.115 e. The number of hydrogen-bond donors (Lipinski definition) is 1. The van der Waals surface area contributed by atoms with Crippen LogP contribution in [0.25, 0.3) is 0 Å². The van der Waals surface area contributed by atoms with Crippen molar-refractivity contribution in [3.63, 3.8) is 0 Å². The number of likely N-dealkylation sites (tertiary alicyclic amines) is 1. The first kappa shape index (κ1) is 18.3. The van der Waals surface area contributed by atoms with E-state index >= 15 is 0 Å². The lowest BCUT2D eigenvalue weighted by Crippen LogP contribution is -2.47. The van der Waals surface area contributed by atoms with Gasteiger partial charge in [0.15, 0.2) is 0 Å². The number of rotatable bonds is 5. The van der Waals surface area contributed by atoms with Gasteiger partial charge in [0, 0.05) is 11.6 Å². The van der Waals surface area contributed by atoms with Gasteiger partial charge in [-0.1, -0.05) is 49.7 Å². The van der Waals surface area contributed by atoms with Gasteiger partial charge >= 0.3 is 0 Å². The van der Waals surface area contributed by atoms with E-state index in [2.05, 4.69) is 36.9 Å². The first-order valence-corrected chi connectivity index (χ1v) is 9.61. The molecule has 1 saturated heterocycles. The average Bonchev–Trinajstić information content (AvgIpc) is 2.58. The van der Waals surface area contributed by atoms with Crippen LogP contribution >= 0.6 is 11.6 Å². The standard InChI is InChI=1S/C22H28ClNO/c1-17-16-24(12-5-7-18-6-3-9-20(23)14-18)13-11-22(17,2)19-8-4-10-21(25)15-19/h3-4,6,8-10,14-15,17,25H,5,7,11-13,16H2,1-2H3/t17-,22+/m0/s1. The molecule has 2 aromatic rings. The van der Waals surface area contributed by atoms with Crippen LogP contribution in [0.2, 0.25) is 5.02 Å². The molecule has 3 heteroatoms. The summed E-state index contributed by atoms with van der Waals surface area (Å²) in [7, 11) is 0. The minimum Gasteiger partial charge on any atom is -0.508 e. The highest BCUT2D eigenvalue weighted by atomic mass is 35.5. The molecule has 0 saturated carbocycles. The van der Waals surface area contributed by atoms with Gasteiger partial charge in [0.1, 0.15) is 5.75 Å². The molecule has 1 aliphatic rings. The Balaban J connectivity index is 1.55. The van der Waals surface area contributed by atoms with Crippen molar-refractivity contribution in [2.45, 2.75) is 38.5 Å². The van der Waals surface area contributed by atoms with Crippen molar-refractivity contribution in [3.8, 4) is 5.75 Å². The predicted octanol–water partition coefficient (Wildman–Crippen LogP) is 5.28. The van der Waals surface area contributed by atoms with Gasteiger partial charge in [-0.25, -0.2) is 0 Å². The summed E-state index contributed by atoms with van der Waals surface area (Å²) in [5.74, 6) is 0.934. The zero-order chi connectivity index (χ0) is 17.9. The number of piperidine rings is 1. The maximum atomic E-state index is 9.82. The van der Waals surface area contributed by atoms with E-state index in [1.54, 1.807) is 6.07 Å². The molecule has 3 rings (SSSR count). The van der Waals surface area contributed by atoms with E-state index < -0.39 is 0 Å². The molecule has 0 amide bonds. The second-order valence-electron chi connectivity index (χ2n) is 7.65. The first-order valence-electron chi connectivity index (χ1n) is 9.24. The fraction of sp³-hybridized carbons (Fsp3) is 0.455. The van der Waals surface area contributed by atoms with Crippen molar-refractivity contribution in [1.82, 2.24) is 4.90 Å². The smallest absolute Gasteiger partial charge is 0.115 e. The fourth-order valence-corrected chi connectivity index (χ4v) is 4.22. The lowest BCUT2D eigenvalue weighted by molar-refractivity contribution is 0.110. The highest BCUT2D eigenvalue weighted by molar-refractivity contribution is 6.30. The molecule has 134 valence electrons. The van der Waals surface area contributed by atoms with Crippen LogP contribution in [-0.4, -0.2) is 29.6 Å². The van der Waals surface area contributed by atoms with Gasteiger partial charge in [-0.3, -0.25) is 0 Å².